The van der Waals surface area contributed by atoms with Crippen molar-refractivity contribution in [3.63, 3.8) is 0 Å². The Morgan fingerprint density at radius 2 is 1.94 bits per heavy atom. The average molecular weight is 450 g/mol. The second kappa shape index (κ2) is 12.3. The molecule has 0 saturated heterocycles. The van der Waals surface area contributed by atoms with Crippen LogP contribution < -0.4 is 4.74 Å². The molecule has 2 aromatic carbocycles. The lowest BCUT2D eigenvalue weighted by molar-refractivity contribution is 0.0244. The molecular formula is C27H35N3O3. The molecule has 6 heteroatoms. The fourth-order valence-electron chi connectivity index (χ4n) is 3.77. The lowest BCUT2D eigenvalue weighted by Gasteiger charge is -2.25. The van der Waals surface area contributed by atoms with E-state index in [1.54, 1.807) is 6.08 Å². The zero-order valence-corrected chi connectivity index (χ0v) is 19.9. The van der Waals surface area contributed by atoms with Gasteiger partial charge in [0.2, 0.25) is 5.88 Å². The number of aromatic nitrogens is 2. The van der Waals surface area contributed by atoms with Crippen LogP contribution in [0.3, 0.4) is 0 Å². The molecule has 3 aromatic rings. The van der Waals surface area contributed by atoms with Gasteiger partial charge in [-0.1, -0.05) is 43.3 Å². The topological polar surface area (TPSA) is 59.8 Å². The first kappa shape index (κ1) is 24.7. The predicted octanol–water partition coefficient (Wildman–Crippen LogP) is 5.06. The van der Waals surface area contributed by atoms with Crippen molar-refractivity contribution in [2.45, 2.75) is 39.8 Å². The smallest absolute Gasteiger partial charge is 0.227 e. The normalized spacial score (nSPS) is 12.2. The number of nitrogens with zero attached hydrogens (tertiary/aromatic N) is 3. The van der Waals surface area contributed by atoms with Gasteiger partial charge in [0.05, 0.1) is 36.3 Å². The molecule has 0 saturated carbocycles. The Bertz CT molecular complexity index is 1020. The Balaban J connectivity index is 1.91. The van der Waals surface area contributed by atoms with Crippen molar-refractivity contribution in [2.75, 3.05) is 26.3 Å². The minimum atomic E-state index is -0.581. The SMILES string of the molecule is C=CCOCC(O)CN(CCC)Cc1c(C)nn(-c2ccccc2)c1Oc1cccc(C)c1. The molecule has 6 nitrogen and oxygen atoms in total. The number of hydrogen-bond acceptors (Lipinski definition) is 5. The van der Waals surface area contributed by atoms with Crippen molar-refractivity contribution in [1.82, 2.24) is 14.7 Å². The molecule has 0 aliphatic heterocycles. The fraction of sp³-hybridized carbons (Fsp3) is 0.370. The third kappa shape index (κ3) is 7.02. The van der Waals surface area contributed by atoms with E-state index in [0.717, 1.165) is 41.2 Å². The van der Waals surface area contributed by atoms with Crippen LogP contribution in [0.5, 0.6) is 11.6 Å². The summed E-state index contributed by atoms with van der Waals surface area (Å²) in [7, 11) is 0. The van der Waals surface area contributed by atoms with Gasteiger partial charge in [0.15, 0.2) is 0 Å². The molecule has 0 amide bonds. The largest absolute Gasteiger partial charge is 0.439 e. The van der Waals surface area contributed by atoms with Crippen LogP contribution in [0, 0.1) is 13.8 Å². The predicted molar refractivity (Wildman–Crippen MR) is 132 cm³/mol. The summed E-state index contributed by atoms with van der Waals surface area (Å²) in [6.07, 6.45) is 2.08. The highest BCUT2D eigenvalue weighted by Crippen LogP contribution is 2.32. The number of aryl methyl sites for hydroxylation is 2. The van der Waals surface area contributed by atoms with Crippen LogP contribution in [-0.4, -0.2) is 52.2 Å². The van der Waals surface area contributed by atoms with Crippen LogP contribution in [0.15, 0.2) is 67.3 Å². The summed E-state index contributed by atoms with van der Waals surface area (Å²) < 4.78 is 13.7. The Morgan fingerprint density at radius 3 is 2.64 bits per heavy atom. The third-order valence-corrected chi connectivity index (χ3v) is 5.28. The van der Waals surface area contributed by atoms with Crippen molar-refractivity contribution < 1.29 is 14.6 Å². The molecular weight excluding hydrogens is 414 g/mol. The number of ether oxygens (including phenoxy) is 2. The van der Waals surface area contributed by atoms with Crippen LogP contribution in [0.4, 0.5) is 0 Å². The minimum absolute atomic E-state index is 0.279. The van der Waals surface area contributed by atoms with E-state index >= 15 is 0 Å². The van der Waals surface area contributed by atoms with Gasteiger partial charge in [-0.3, -0.25) is 4.90 Å². The molecule has 1 heterocycles. The molecule has 33 heavy (non-hydrogen) atoms. The van der Waals surface area contributed by atoms with Gasteiger partial charge in [0, 0.05) is 13.1 Å². The van der Waals surface area contributed by atoms with Crippen LogP contribution in [0.25, 0.3) is 5.69 Å². The van der Waals surface area contributed by atoms with Gasteiger partial charge in [0.1, 0.15) is 5.75 Å². The number of rotatable bonds is 13. The van der Waals surface area contributed by atoms with Gasteiger partial charge in [-0.15, -0.1) is 6.58 Å². The summed E-state index contributed by atoms with van der Waals surface area (Å²) >= 11 is 0. The van der Waals surface area contributed by atoms with E-state index in [-0.39, 0.29) is 6.61 Å². The van der Waals surface area contributed by atoms with Crippen LogP contribution in [-0.2, 0) is 11.3 Å². The van der Waals surface area contributed by atoms with E-state index in [4.69, 9.17) is 14.6 Å². The molecule has 1 unspecified atom stereocenters. The third-order valence-electron chi connectivity index (χ3n) is 5.28. The summed E-state index contributed by atoms with van der Waals surface area (Å²) in [4.78, 5) is 2.23. The highest BCUT2D eigenvalue weighted by molar-refractivity contribution is 5.43. The Hall–Kier alpha value is -2.93. The molecule has 0 radical (unpaired) electrons. The number of benzene rings is 2. The average Bonchev–Trinajstić information content (AvgIpc) is 3.10. The summed E-state index contributed by atoms with van der Waals surface area (Å²) in [5.74, 6) is 1.47. The molecule has 1 N–H and O–H groups in total. The van der Waals surface area contributed by atoms with E-state index in [2.05, 4.69) is 18.4 Å². The monoisotopic (exact) mass is 449 g/mol. The molecule has 0 spiro atoms. The zero-order chi connectivity index (χ0) is 23.6. The maximum absolute atomic E-state index is 10.5. The first-order valence-electron chi connectivity index (χ1n) is 11.5. The van der Waals surface area contributed by atoms with Gasteiger partial charge < -0.3 is 14.6 Å². The van der Waals surface area contributed by atoms with Crippen molar-refractivity contribution in [3.05, 3.63) is 84.1 Å². The summed E-state index contributed by atoms with van der Waals surface area (Å²) in [6, 6.07) is 18.0. The quantitative estimate of drug-likeness (QED) is 0.292. The Kier molecular flexibility index (Phi) is 9.24. The van der Waals surface area contributed by atoms with E-state index in [1.165, 1.54) is 0 Å². The standard InChI is InChI=1S/C27H35N3O3/c1-5-15-29(18-24(31)20-32-16-6-2)19-26-22(4)28-30(23-12-8-7-9-13-23)27(26)33-25-14-10-11-21(3)17-25/h6-14,17,24,31H,2,5,15-16,18-20H2,1,3-4H3. The van der Waals surface area contributed by atoms with Crippen molar-refractivity contribution in [3.8, 4) is 17.3 Å². The lowest BCUT2D eigenvalue weighted by atomic mass is 10.2. The zero-order valence-electron chi connectivity index (χ0n) is 19.9. The number of aliphatic hydroxyl groups is 1. The maximum atomic E-state index is 10.5. The van der Waals surface area contributed by atoms with Crippen LogP contribution in [0.2, 0.25) is 0 Å². The number of aliphatic hydroxyl groups excluding tert-OH is 1. The summed E-state index contributed by atoms with van der Waals surface area (Å²) in [5, 5.41) is 15.3. The van der Waals surface area contributed by atoms with Gasteiger partial charge in [-0.2, -0.15) is 5.10 Å². The molecule has 176 valence electrons. The second-order valence-electron chi connectivity index (χ2n) is 8.25. The van der Waals surface area contributed by atoms with E-state index in [9.17, 15) is 5.11 Å². The molecule has 0 fully saturated rings. The lowest BCUT2D eigenvalue weighted by Crippen LogP contribution is -2.35. The van der Waals surface area contributed by atoms with Crippen molar-refractivity contribution in [1.29, 1.82) is 0 Å². The molecule has 1 atom stereocenters. The number of para-hydroxylation sites is 1. The second-order valence-corrected chi connectivity index (χ2v) is 8.25. The van der Waals surface area contributed by atoms with E-state index in [1.807, 2.05) is 73.1 Å². The van der Waals surface area contributed by atoms with Gasteiger partial charge in [-0.25, -0.2) is 4.68 Å². The van der Waals surface area contributed by atoms with Gasteiger partial charge in [0.25, 0.3) is 0 Å². The number of hydrogen-bond donors (Lipinski definition) is 1. The first-order chi connectivity index (χ1) is 16.0. The Morgan fingerprint density at radius 1 is 1.15 bits per heavy atom. The van der Waals surface area contributed by atoms with Crippen molar-refractivity contribution in [2.24, 2.45) is 0 Å². The van der Waals surface area contributed by atoms with E-state index in [0.29, 0.717) is 25.6 Å². The molecule has 1 aromatic heterocycles. The van der Waals surface area contributed by atoms with Crippen LogP contribution in [0.1, 0.15) is 30.2 Å². The first-order valence-corrected chi connectivity index (χ1v) is 11.5. The molecule has 0 aliphatic rings. The Labute approximate surface area is 197 Å². The summed E-state index contributed by atoms with van der Waals surface area (Å²) in [5.41, 5.74) is 3.98. The van der Waals surface area contributed by atoms with E-state index < -0.39 is 6.10 Å². The molecule has 0 aliphatic carbocycles. The van der Waals surface area contributed by atoms with Gasteiger partial charge in [-0.05, 0) is 56.6 Å². The van der Waals surface area contributed by atoms with Crippen LogP contribution >= 0.6 is 0 Å². The molecule has 0 bridgehead atoms. The highest BCUT2D eigenvalue weighted by Gasteiger charge is 2.22. The summed E-state index contributed by atoms with van der Waals surface area (Å²) in [6.45, 7) is 12.5. The maximum Gasteiger partial charge on any atom is 0.227 e. The molecule has 3 rings (SSSR count). The highest BCUT2D eigenvalue weighted by atomic mass is 16.5. The minimum Gasteiger partial charge on any atom is -0.439 e. The van der Waals surface area contributed by atoms with Crippen molar-refractivity contribution >= 4 is 0 Å². The van der Waals surface area contributed by atoms with Gasteiger partial charge >= 0.3 is 0 Å². The fourth-order valence-corrected chi connectivity index (χ4v) is 3.77.